The van der Waals surface area contributed by atoms with Crippen LogP contribution in [-0.2, 0) is 4.79 Å². The number of aromatic nitrogens is 4. The fourth-order valence-electron chi connectivity index (χ4n) is 3.25. The number of hydrogen-bond donors (Lipinski definition) is 2. The number of amides is 1. The lowest BCUT2D eigenvalue weighted by Crippen LogP contribution is -2.43. The van der Waals surface area contributed by atoms with Crippen LogP contribution < -0.4 is 15.5 Å². The van der Waals surface area contributed by atoms with Crippen LogP contribution in [0.1, 0.15) is 25.8 Å². The van der Waals surface area contributed by atoms with Crippen molar-refractivity contribution in [1.82, 2.24) is 25.1 Å². The molecule has 2 aromatic rings. The van der Waals surface area contributed by atoms with Gasteiger partial charge in [0.2, 0.25) is 11.9 Å². The third-order valence-corrected chi connectivity index (χ3v) is 5.14. The van der Waals surface area contributed by atoms with Gasteiger partial charge in [-0.3, -0.25) is 14.4 Å². The van der Waals surface area contributed by atoms with Gasteiger partial charge in [0.25, 0.3) is 0 Å². The molecule has 4 rings (SSSR count). The van der Waals surface area contributed by atoms with E-state index in [4.69, 9.17) is 0 Å². The normalized spacial score (nSPS) is 22.9. The highest BCUT2D eigenvalue weighted by atomic mass is 16.2. The minimum Gasteiger partial charge on any atom is -0.321 e. The summed E-state index contributed by atoms with van der Waals surface area (Å²) in [6.45, 7) is 4.20. The molecule has 0 bridgehead atoms. The fourth-order valence-corrected chi connectivity index (χ4v) is 3.25. The molecular weight excluding hydrogens is 332 g/mol. The summed E-state index contributed by atoms with van der Waals surface area (Å²) >= 11 is 0. The van der Waals surface area contributed by atoms with Crippen LogP contribution in [0.15, 0.2) is 24.7 Å². The van der Waals surface area contributed by atoms with Gasteiger partial charge in [-0.25, -0.2) is 4.98 Å². The molecule has 0 spiro atoms. The van der Waals surface area contributed by atoms with Gasteiger partial charge < -0.3 is 10.6 Å². The third kappa shape index (κ3) is 2.68. The Morgan fingerprint density at radius 1 is 1.50 bits per heavy atom. The Morgan fingerprint density at radius 2 is 2.35 bits per heavy atom. The molecule has 134 valence electrons. The number of nitriles is 1. The van der Waals surface area contributed by atoms with Gasteiger partial charge >= 0.3 is 0 Å². The summed E-state index contributed by atoms with van der Waals surface area (Å²) in [7, 11) is 0. The van der Waals surface area contributed by atoms with Gasteiger partial charge in [-0.2, -0.15) is 15.3 Å². The zero-order chi connectivity index (χ0) is 18.1. The van der Waals surface area contributed by atoms with E-state index in [1.807, 2.05) is 17.8 Å². The van der Waals surface area contributed by atoms with Gasteiger partial charge in [-0.15, -0.1) is 0 Å². The number of carbonyl (C=O) groups is 1. The standard InChI is InChI=1S/C17H20N8O/c1-2-17(11-18)4-6-24(15(17)26)14-3-5-20-16(23-14)22-12-7-21-25(10-12)13-8-19-9-13/h3,5,7,10,13,19H,2,4,6,8-9H2,1H3,(H,20,22,23)/t17-/m1/s1. The Labute approximate surface area is 151 Å². The second kappa shape index (κ2) is 6.38. The summed E-state index contributed by atoms with van der Waals surface area (Å²) in [6.07, 6.45) is 6.28. The van der Waals surface area contributed by atoms with Crippen LogP contribution in [0, 0.1) is 16.7 Å². The first-order valence-electron chi connectivity index (χ1n) is 8.73. The van der Waals surface area contributed by atoms with Gasteiger partial charge in [0.15, 0.2) is 0 Å². The SMILES string of the molecule is CC[C@]1(C#N)CCN(c2ccnc(Nc3cnn(C4CNC4)c3)n2)C1=O. The molecule has 9 nitrogen and oxygen atoms in total. The minimum absolute atomic E-state index is 0.183. The van der Waals surface area contributed by atoms with E-state index in [0.717, 1.165) is 18.8 Å². The number of rotatable bonds is 5. The molecule has 1 atom stereocenters. The second-order valence-electron chi connectivity index (χ2n) is 6.64. The Balaban J connectivity index is 1.51. The lowest BCUT2D eigenvalue weighted by atomic mass is 9.85. The van der Waals surface area contributed by atoms with E-state index < -0.39 is 5.41 Å². The summed E-state index contributed by atoms with van der Waals surface area (Å²) in [5, 5.41) is 20.1. The van der Waals surface area contributed by atoms with Gasteiger partial charge in [0.05, 0.1) is 24.0 Å². The van der Waals surface area contributed by atoms with Crippen LogP contribution in [-0.4, -0.2) is 45.3 Å². The smallest absolute Gasteiger partial charge is 0.248 e. The quantitative estimate of drug-likeness (QED) is 0.832. The summed E-state index contributed by atoms with van der Waals surface area (Å²) in [4.78, 5) is 22.9. The van der Waals surface area contributed by atoms with Crippen molar-refractivity contribution in [2.24, 2.45) is 5.41 Å². The molecule has 0 unspecified atom stereocenters. The van der Waals surface area contributed by atoms with Crippen molar-refractivity contribution in [1.29, 1.82) is 5.26 Å². The highest BCUT2D eigenvalue weighted by molar-refractivity contribution is 6.01. The first-order chi connectivity index (χ1) is 12.6. The van der Waals surface area contributed by atoms with Gasteiger partial charge in [0, 0.05) is 32.0 Å². The molecule has 0 aliphatic carbocycles. The van der Waals surface area contributed by atoms with Crippen LogP contribution in [0.25, 0.3) is 0 Å². The first-order valence-corrected chi connectivity index (χ1v) is 8.73. The van der Waals surface area contributed by atoms with Crippen molar-refractivity contribution < 1.29 is 4.79 Å². The van der Waals surface area contributed by atoms with Crippen LogP contribution in [0.5, 0.6) is 0 Å². The largest absolute Gasteiger partial charge is 0.321 e. The van der Waals surface area contributed by atoms with Gasteiger partial charge in [-0.1, -0.05) is 6.92 Å². The maximum absolute atomic E-state index is 12.7. The predicted octanol–water partition coefficient (Wildman–Crippen LogP) is 1.22. The van der Waals surface area contributed by atoms with Crippen molar-refractivity contribution in [3.8, 4) is 6.07 Å². The second-order valence-corrected chi connectivity index (χ2v) is 6.64. The molecular formula is C17H20N8O. The zero-order valence-electron chi connectivity index (χ0n) is 14.5. The molecule has 1 amide bonds. The van der Waals surface area contributed by atoms with Crippen molar-refractivity contribution >= 4 is 23.4 Å². The van der Waals surface area contributed by atoms with Crippen LogP contribution >= 0.6 is 0 Å². The molecule has 26 heavy (non-hydrogen) atoms. The predicted molar refractivity (Wildman–Crippen MR) is 94.8 cm³/mol. The molecule has 2 fully saturated rings. The van der Waals surface area contributed by atoms with E-state index in [-0.39, 0.29) is 5.91 Å². The third-order valence-electron chi connectivity index (χ3n) is 5.14. The summed E-state index contributed by atoms with van der Waals surface area (Å²) in [5.74, 6) is 0.721. The van der Waals surface area contributed by atoms with Crippen molar-refractivity contribution in [2.45, 2.75) is 25.8 Å². The highest BCUT2D eigenvalue weighted by Gasteiger charge is 2.46. The number of carbonyl (C=O) groups excluding carboxylic acids is 1. The molecule has 2 N–H and O–H groups in total. The summed E-state index contributed by atoms with van der Waals surface area (Å²) < 4.78 is 1.91. The fraction of sp³-hybridized carbons (Fsp3) is 0.471. The van der Waals surface area contributed by atoms with E-state index in [2.05, 4.69) is 31.8 Å². The Kier molecular flexibility index (Phi) is 4.05. The number of anilines is 3. The van der Waals surface area contributed by atoms with E-state index in [1.165, 1.54) is 0 Å². The van der Waals surface area contributed by atoms with Crippen LogP contribution in [0.3, 0.4) is 0 Å². The van der Waals surface area contributed by atoms with E-state index in [0.29, 0.717) is 37.2 Å². The molecule has 2 aliphatic heterocycles. The molecule has 9 heteroatoms. The van der Waals surface area contributed by atoms with E-state index in [9.17, 15) is 10.1 Å². The van der Waals surface area contributed by atoms with Crippen molar-refractivity contribution in [3.63, 3.8) is 0 Å². The molecule has 0 radical (unpaired) electrons. The summed E-state index contributed by atoms with van der Waals surface area (Å²) in [6, 6.07) is 4.26. The lowest BCUT2D eigenvalue weighted by molar-refractivity contribution is -0.123. The maximum Gasteiger partial charge on any atom is 0.248 e. The van der Waals surface area contributed by atoms with E-state index >= 15 is 0 Å². The van der Waals surface area contributed by atoms with Crippen molar-refractivity contribution in [2.75, 3.05) is 29.9 Å². The van der Waals surface area contributed by atoms with Crippen LogP contribution in [0.4, 0.5) is 17.5 Å². The molecule has 4 heterocycles. The van der Waals surface area contributed by atoms with Gasteiger partial charge in [-0.05, 0) is 18.9 Å². The average molecular weight is 352 g/mol. The number of nitrogens with one attached hydrogen (secondary N) is 2. The lowest BCUT2D eigenvalue weighted by Gasteiger charge is -2.27. The first kappa shape index (κ1) is 16.5. The number of hydrogen-bond acceptors (Lipinski definition) is 7. The van der Waals surface area contributed by atoms with Crippen LogP contribution in [0.2, 0.25) is 0 Å². The zero-order valence-corrected chi connectivity index (χ0v) is 14.5. The molecule has 0 saturated carbocycles. The topological polar surface area (TPSA) is 112 Å². The summed E-state index contributed by atoms with van der Waals surface area (Å²) in [5.41, 5.74) is -0.141. The number of nitrogens with zero attached hydrogens (tertiary/aromatic N) is 6. The van der Waals surface area contributed by atoms with E-state index in [1.54, 1.807) is 23.4 Å². The average Bonchev–Trinajstić information content (AvgIpc) is 3.18. The minimum atomic E-state index is -0.934. The monoisotopic (exact) mass is 352 g/mol. The molecule has 2 aromatic heterocycles. The Bertz CT molecular complexity index is 868. The van der Waals surface area contributed by atoms with Gasteiger partial charge in [0.1, 0.15) is 11.2 Å². The molecule has 2 aliphatic rings. The Morgan fingerprint density at radius 3 is 3.00 bits per heavy atom. The molecule has 0 aromatic carbocycles. The highest BCUT2D eigenvalue weighted by Crippen LogP contribution is 2.36. The Hall–Kier alpha value is -2.99. The maximum atomic E-state index is 12.7. The van der Waals surface area contributed by atoms with Crippen molar-refractivity contribution in [3.05, 3.63) is 24.7 Å². The molecule has 2 saturated heterocycles.